The van der Waals surface area contributed by atoms with Crippen molar-refractivity contribution in [2.75, 3.05) is 6.54 Å². The van der Waals surface area contributed by atoms with Gasteiger partial charge in [0.1, 0.15) is 24.4 Å². The minimum atomic E-state index is -1.79. The average molecular weight is 449 g/mol. The van der Waals surface area contributed by atoms with Crippen molar-refractivity contribution in [2.24, 2.45) is 5.92 Å². The van der Waals surface area contributed by atoms with E-state index >= 15 is 0 Å². The van der Waals surface area contributed by atoms with E-state index in [1.807, 2.05) is 6.07 Å². The SMILES string of the molecule is O=C(O)[C@H]1OC(Oc2ccc3c4c2O[C@H]2[C@H](O)CC[C@H]5C(C3)NCCC452)[C@H](O)[C@@H](O)[C@@H]1O. The van der Waals surface area contributed by atoms with E-state index in [-0.39, 0.29) is 11.2 Å². The molecule has 0 radical (unpaired) electrons. The highest BCUT2D eigenvalue weighted by atomic mass is 16.7. The molecule has 3 heterocycles. The lowest BCUT2D eigenvalue weighted by atomic mass is 9.52. The van der Waals surface area contributed by atoms with E-state index in [0.717, 1.165) is 36.9 Å². The Hall–Kier alpha value is -1.95. The highest BCUT2D eigenvalue weighted by Crippen LogP contribution is 2.62. The van der Waals surface area contributed by atoms with Crippen LogP contribution in [0.15, 0.2) is 12.1 Å². The van der Waals surface area contributed by atoms with Crippen molar-refractivity contribution in [3.63, 3.8) is 0 Å². The molecule has 1 aromatic carbocycles. The third kappa shape index (κ3) is 2.59. The molecular formula is C22H27NO9. The van der Waals surface area contributed by atoms with Crippen LogP contribution < -0.4 is 14.8 Å². The summed E-state index contributed by atoms with van der Waals surface area (Å²) in [5, 5.41) is 54.2. The molecule has 2 aliphatic carbocycles. The van der Waals surface area contributed by atoms with Gasteiger partial charge in [-0.1, -0.05) is 6.07 Å². The zero-order chi connectivity index (χ0) is 22.4. The highest BCUT2D eigenvalue weighted by molar-refractivity contribution is 5.73. The molecule has 1 spiro atoms. The zero-order valence-corrected chi connectivity index (χ0v) is 17.3. The molecule has 2 bridgehead atoms. The molecule has 1 aromatic rings. The maximum Gasteiger partial charge on any atom is 0.335 e. The maximum atomic E-state index is 11.4. The number of nitrogens with one attached hydrogen (secondary N) is 1. The summed E-state index contributed by atoms with van der Waals surface area (Å²) in [5.74, 6) is -0.396. The molecule has 3 fully saturated rings. The van der Waals surface area contributed by atoms with Crippen LogP contribution in [0.3, 0.4) is 0 Å². The number of benzene rings is 1. The molecule has 1 saturated carbocycles. The molecule has 6 N–H and O–H groups in total. The summed E-state index contributed by atoms with van der Waals surface area (Å²) in [6.45, 7) is 0.826. The van der Waals surface area contributed by atoms with Crippen molar-refractivity contribution in [3.05, 3.63) is 23.3 Å². The van der Waals surface area contributed by atoms with E-state index < -0.39 is 48.9 Å². The second-order valence-electron chi connectivity index (χ2n) is 9.62. The topological polar surface area (TPSA) is 158 Å². The van der Waals surface area contributed by atoms with Gasteiger partial charge in [-0.2, -0.15) is 0 Å². The molecule has 3 aliphatic heterocycles. The number of hydrogen-bond acceptors (Lipinski definition) is 9. The van der Waals surface area contributed by atoms with Crippen molar-refractivity contribution < 1.29 is 44.5 Å². The number of aliphatic carboxylic acids is 1. The summed E-state index contributed by atoms with van der Waals surface area (Å²) in [4.78, 5) is 11.4. The lowest BCUT2D eigenvalue weighted by Gasteiger charge is -2.56. The minimum absolute atomic E-state index is 0.257. The van der Waals surface area contributed by atoms with E-state index in [1.165, 1.54) is 0 Å². The van der Waals surface area contributed by atoms with E-state index in [4.69, 9.17) is 14.2 Å². The predicted octanol–water partition coefficient (Wildman–Crippen LogP) is -1.35. The fraction of sp³-hybridized carbons (Fsp3) is 0.682. The van der Waals surface area contributed by atoms with Gasteiger partial charge in [-0.3, -0.25) is 0 Å². The van der Waals surface area contributed by atoms with E-state index in [9.17, 15) is 30.3 Å². The van der Waals surface area contributed by atoms with Crippen LogP contribution in [0.1, 0.15) is 30.4 Å². The number of carbonyl (C=O) groups is 1. The number of piperidine rings is 1. The third-order valence-electron chi connectivity index (χ3n) is 8.14. The average Bonchev–Trinajstić information content (AvgIpc) is 3.11. The van der Waals surface area contributed by atoms with Crippen LogP contribution in [-0.2, 0) is 21.4 Å². The molecule has 10 nitrogen and oxygen atoms in total. The van der Waals surface area contributed by atoms with Gasteiger partial charge in [0, 0.05) is 17.0 Å². The lowest BCUT2D eigenvalue weighted by molar-refractivity contribution is -0.271. The summed E-state index contributed by atoms with van der Waals surface area (Å²) >= 11 is 0. The van der Waals surface area contributed by atoms with Crippen LogP contribution in [0.25, 0.3) is 0 Å². The number of carboxylic acid groups (broad SMARTS) is 1. The quantitative estimate of drug-likeness (QED) is 0.326. The highest BCUT2D eigenvalue weighted by Gasteiger charge is 2.64. The van der Waals surface area contributed by atoms with E-state index in [2.05, 4.69) is 5.32 Å². The van der Waals surface area contributed by atoms with Gasteiger partial charge in [-0.15, -0.1) is 0 Å². The lowest BCUT2D eigenvalue weighted by Crippen LogP contribution is -2.66. The molecule has 10 atom stereocenters. The van der Waals surface area contributed by atoms with Gasteiger partial charge in [0.05, 0.1) is 6.10 Å². The molecule has 174 valence electrons. The Bertz CT molecular complexity index is 956. The first kappa shape index (κ1) is 20.6. The number of ether oxygens (including phenoxy) is 3. The summed E-state index contributed by atoms with van der Waals surface area (Å²) < 4.78 is 17.5. The van der Waals surface area contributed by atoms with E-state index in [0.29, 0.717) is 24.1 Å². The Labute approximate surface area is 183 Å². The van der Waals surface area contributed by atoms with Gasteiger partial charge < -0.3 is 45.1 Å². The first-order valence-electron chi connectivity index (χ1n) is 11.2. The number of aliphatic hydroxyl groups is 4. The summed E-state index contributed by atoms with van der Waals surface area (Å²) in [6.07, 6.45) is -6.25. The molecular weight excluding hydrogens is 422 g/mol. The van der Waals surface area contributed by atoms with Crippen LogP contribution in [0, 0.1) is 5.92 Å². The second kappa shape index (κ2) is 7.02. The Balaban J connectivity index is 1.39. The number of rotatable bonds is 3. The molecule has 32 heavy (non-hydrogen) atoms. The zero-order valence-electron chi connectivity index (χ0n) is 17.3. The molecule has 3 unspecified atom stereocenters. The van der Waals surface area contributed by atoms with E-state index in [1.54, 1.807) is 6.07 Å². The summed E-state index contributed by atoms with van der Waals surface area (Å²) in [7, 11) is 0. The van der Waals surface area contributed by atoms with Crippen molar-refractivity contribution in [1.29, 1.82) is 0 Å². The third-order valence-corrected chi connectivity index (χ3v) is 8.14. The fourth-order valence-corrected chi connectivity index (χ4v) is 6.79. The molecule has 10 heteroatoms. The Morgan fingerprint density at radius 3 is 2.72 bits per heavy atom. The Kier molecular flexibility index (Phi) is 4.53. The molecule has 5 aliphatic rings. The normalized spacial score (nSPS) is 46.2. The van der Waals surface area contributed by atoms with Crippen molar-refractivity contribution >= 4 is 5.97 Å². The van der Waals surface area contributed by atoms with Crippen LogP contribution in [0.5, 0.6) is 11.5 Å². The fourth-order valence-electron chi connectivity index (χ4n) is 6.79. The van der Waals surface area contributed by atoms with Gasteiger partial charge in [0.15, 0.2) is 17.6 Å². The second-order valence-corrected chi connectivity index (χ2v) is 9.62. The molecule has 0 amide bonds. The number of aliphatic hydroxyl groups excluding tert-OH is 4. The van der Waals surface area contributed by atoms with Crippen LogP contribution in [0.2, 0.25) is 0 Å². The predicted molar refractivity (Wildman–Crippen MR) is 106 cm³/mol. The molecule has 2 saturated heterocycles. The Morgan fingerprint density at radius 1 is 1.12 bits per heavy atom. The minimum Gasteiger partial charge on any atom is -0.483 e. The van der Waals surface area contributed by atoms with Gasteiger partial charge >= 0.3 is 5.97 Å². The summed E-state index contributed by atoms with van der Waals surface area (Å²) in [5.41, 5.74) is 1.84. The smallest absolute Gasteiger partial charge is 0.335 e. The van der Waals surface area contributed by atoms with Crippen LogP contribution in [0.4, 0.5) is 0 Å². The van der Waals surface area contributed by atoms with Crippen molar-refractivity contribution in [3.8, 4) is 11.5 Å². The van der Waals surface area contributed by atoms with Crippen molar-refractivity contribution in [1.82, 2.24) is 5.32 Å². The van der Waals surface area contributed by atoms with Gasteiger partial charge in [-0.25, -0.2) is 4.79 Å². The number of hydrogen-bond donors (Lipinski definition) is 6. The Morgan fingerprint density at radius 2 is 1.94 bits per heavy atom. The van der Waals surface area contributed by atoms with Gasteiger partial charge in [-0.05, 0) is 49.8 Å². The molecule has 0 aromatic heterocycles. The number of carboxylic acids is 1. The van der Waals surface area contributed by atoms with Gasteiger partial charge in [0.2, 0.25) is 6.29 Å². The monoisotopic (exact) mass is 449 g/mol. The first-order chi connectivity index (χ1) is 15.3. The largest absolute Gasteiger partial charge is 0.483 e. The van der Waals surface area contributed by atoms with Crippen molar-refractivity contribution in [2.45, 2.75) is 80.1 Å². The maximum absolute atomic E-state index is 11.4. The first-order valence-corrected chi connectivity index (χ1v) is 11.2. The standard InChI is InChI=1S/C22H27NO9/c24-11-3-2-9-10-7-8-1-4-12(17-13(8)22(9,5-6-23-10)19(11)31-17)30-21-16(27)14(25)15(26)18(32-21)20(28)29/h1,4,9-11,14-16,18-19,21,23-27H,2-3,5-7H2,(H,28,29)/t9-,10?,11+,14-,15-,16+,18-,19-,21?,22?/m0/s1. The van der Waals surface area contributed by atoms with Crippen LogP contribution in [-0.4, -0.2) is 87.0 Å². The molecule has 6 rings (SSSR count). The van der Waals surface area contributed by atoms with Gasteiger partial charge in [0.25, 0.3) is 0 Å². The van der Waals surface area contributed by atoms with Crippen LogP contribution >= 0.6 is 0 Å². The summed E-state index contributed by atoms with van der Waals surface area (Å²) in [6, 6.07) is 3.95.